The molecule has 0 saturated heterocycles. The monoisotopic (exact) mass is 663 g/mol. The van der Waals surface area contributed by atoms with Crippen LogP contribution in [0.4, 0.5) is 0 Å². The molecule has 1 aliphatic rings. The summed E-state index contributed by atoms with van der Waals surface area (Å²) in [7, 11) is 0. The van der Waals surface area contributed by atoms with E-state index in [1.54, 1.807) is 0 Å². The summed E-state index contributed by atoms with van der Waals surface area (Å²) in [5.41, 5.74) is 11.7. The van der Waals surface area contributed by atoms with E-state index >= 15 is 0 Å². The summed E-state index contributed by atoms with van der Waals surface area (Å²) in [4.78, 5) is 14.9. The number of rotatable bonds is 6. The Morgan fingerprint density at radius 3 is 1.92 bits per heavy atom. The average molecular weight is 664 g/mol. The van der Waals surface area contributed by atoms with Crippen molar-refractivity contribution in [2.75, 3.05) is 0 Å². The van der Waals surface area contributed by atoms with E-state index in [4.69, 9.17) is 9.97 Å². The van der Waals surface area contributed by atoms with Crippen LogP contribution in [0, 0.1) is 11.8 Å². The van der Waals surface area contributed by atoms with Gasteiger partial charge in [0.25, 0.3) is 0 Å². The number of hydrogen-bond acceptors (Lipinski definition) is 3. The van der Waals surface area contributed by atoms with Crippen LogP contribution in [-0.2, 0) is 0 Å². The largest absolute Gasteiger partial charge is 0.263 e. The van der Waals surface area contributed by atoms with Gasteiger partial charge in [-0.3, -0.25) is 4.98 Å². The lowest BCUT2D eigenvalue weighted by atomic mass is 9.97. The summed E-state index contributed by atoms with van der Waals surface area (Å²) in [5, 5.41) is 4.76. The van der Waals surface area contributed by atoms with Gasteiger partial charge in [0.1, 0.15) is 0 Å². The number of fused-ring (bicyclic) bond motifs is 2. The van der Waals surface area contributed by atoms with Crippen molar-refractivity contribution in [3.05, 3.63) is 182 Å². The molecule has 0 spiro atoms. The van der Waals surface area contributed by atoms with Crippen LogP contribution in [0.3, 0.4) is 0 Å². The molecule has 0 atom stereocenters. The van der Waals surface area contributed by atoms with Crippen LogP contribution < -0.4 is 0 Å². The van der Waals surface area contributed by atoms with Gasteiger partial charge in [-0.2, -0.15) is 0 Å². The molecular weight excluding hydrogens is 631 g/mol. The fraction of sp³-hybridized carbons (Fsp3) is 0.0408. The highest BCUT2D eigenvalue weighted by molar-refractivity contribution is 5.97. The molecule has 2 heterocycles. The highest BCUT2D eigenvalue weighted by Gasteiger charge is 2.14. The Morgan fingerprint density at radius 1 is 0.442 bits per heavy atom. The van der Waals surface area contributed by atoms with Gasteiger partial charge in [-0.25, -0.2) is 9.97 Å². The second kappa shape index (κ2) is 13.8. The summed E-state index contributed by atoms with van der Waals surface area (Å²) in [6.45, 7) is 0. The lowest BCUT2D eigenvalue weighted by Gasteiger charge is -2.12. The first-order chi connectivity index (χ1) is 25.8. The lowest BCUT2D eigenvalue weighted by molar-refractivity contribution is 1.18. The maximum atomic E-state index is 5.20. The summed E-state index contributed by atoms with van der Waals surface area (Å²) in [5.74, 6) is 7.06. The van der Waals surface area contributed by atoms with Crippen molar-refractivity contribution in [1.82, 2.24) is 15.0 Å². The molecule has 0 N–H and O–H groups in total. The summed E-state index contributed by atoms with van der Waals surface area (Å²) in [6.07, 6.45) is 11.9. The second-order valence-electron chi connectivity index (χ2n) is 13.0. The van der Waals surface area contributed by atoms with Crippen LogP contribution in [0.25, 0.3) is 83.3 Å². The molecule has 0 bridgehead atoms. The minimum absolute atomic E-state index is 0.683. The van der Waals surface area contributed by atoms with E-state index in [1.165, 1.54) is 32.9 Å². The average Bonchev–Trinajstić information content (AvgIpc) is 3.20. The highest BCUT2D eigenvalue weighted by atomic mass is 14.9. The zero-order valence-electron chi connectivity index (χ0n) is 28.5. The van der Waals surface area contributed by atoms with Crippen LogP contribution in [0.2, 0.25) is 0 Å². The van der Waals surface area contributed by atoms with E-state index in [0.717, 1.165) is 63.0 Å². The van der Waals surface area contributed by atoms with E-state index in [0.29, 0.717) is 5.82 Å². The molecule has 0 saturated carbocycles. The molecule has 2 aromatic heterocycles. The Morgan fingerprint density at radius 2 is 1.08 bits per heavy atom. The first-order valence-electron chi connectivity index (χ1n) is 17.6. The van der Waals surface area contributed by atoms with E-state index in [-0.39, 0.29) is 0 Å². The minimum atomic E-state index is 0.683. The molecule has 3 nitrogen and oxygen atoms in total. The SMILES string of the molecule is C1#CC/C=C(c2ccc(-c3cc(-c4cccc(-c5cncc6ccccc56)c4)nc(-c4ccc(-c5cccc6ccccc56)cc4)n3)cc2)\C=C/C1. The van der Waals surface area contributed by atoms with Gasteiger partial charge in [0, 0.05) is 52.9 Å². The van der Waals surface area contributed by atoms with Gasteiger partial charge >= 0.3 is 0 Å². The van der Waals surface area contributed by atoms with Crippen LogP contribution in [-0.4, -0.2) is 15.0 Å². The van der Waals surface area contributed by atoms with Crippen molar-refractivity contribution in [3.63, 3.8) is 0 Å². The zero-order valence-corrected chi connectivity index (χ0v) is 28.5. The van der Waals surface area contributed by atoms with E-state index in [2.05, 4.69) is 181 Å². The molecule has 0 unspecified atom stereocenters. The van der Waals surface area contributed by atoms with Crippen LogP contribution >= 0.6 is 0 Å². The number of hydrogen-bond donors (Lipinski definition) is 0. The third-order valence-corrected chi connectivity index (χ3v) is 9.69. The predicted molar refractivity (Wildman–Crippen MR) is 216 cm³/mol. The Bertz CT molecular complexity index is 2710. The lowest BCUT2D eigenvalue weighted by Crippen LogP contribution is -1.96. The highest BCUT2D eigenvalue weighted by Crippen LogP contribution is 2.34. The van der Waals surface area contributed by atoms with Crippen molar-refractivity contribution in [2.45, 2.75) is 12.8 Å². The molecule has 244 valence electrons. The molecule has 0 amide bonds. The summed E-state index contributed by atoms with van der Waals surface area (Å²) in [6, 6.07) is 51.4. The van der Waals surface area contributed by atoms with Crippen molar-refractivity contribution in [2.24, 2.45) is 0 Å². The Hall–Kier alpha value is -6.89. The molecule has 0 fully saturated rings. The van der Waals surface area contributed by atoms with Crippen molar-refractivity contribution < 1.29 is 0 Å². The molecule has 1 aliphatic carbocycles. The van der Waals surface area contributed by atoms with E-state index in [1.807, 2.05) is 12.4 Å². The number of benzene rings is 6. The Balaban J connectivity index is 1.14. The maximum Gasteiger partial charge on any atom is 0.160 e. The van der Waals surface area contributed by atoms with Crippen LogP contribution in [0.5, 0.6) is 0 Å². The minimum Gasteiger partial charge on any atom is -0.263 e. The van der Waals surface area contributed by atoms with E-state index < -0.39 is 0 Å². The topological polar surface area (TPSA) is 38.7 Å². The van der Waals surface area contributed by atoms with Crippen molar-refractivity contribution in [1.29, 1.82) is 0 Å². The number of aromatic nitrogens is 3. The quantitative estimate of drug-likeness (QED) is 0.166. The fourth-order valence-electron chi connectivity index (χ4n) is 7.01. The molecular formula is C49H33N3. The van der Waals surface area contributed by atoms with Crippen LogP contribution in [0.15, 0.2) is 176 Å². The second-order valence-corrected chi connectivity index (χ2v) is 13.0. The van der Waals surface area contributed by atoms with Gasteiger partial charge in [0.15, 0.2) is 5.82 Å². The van der Waals surface area contributed by atoms with Gasteiger partial charge in [0.2, 0.25) is 0 Å². The third kappa shape index (κ3) is 6.19. The maximum absolute atomic E-state index is 5.20. The van der Waals surface area contributed by atoms with Gasteiger partial charge in [-0.15, -0.1) is 0 Å². The Labute approximate surface area is 303 Å². The molecule has 8 aromatic rings. The molecule has 3 heteroatoms. The van der Waals surface area contributed by atoms with Crippen molar-refractivity contribution in [3.8, 4) is 68.0 Å². The fourth-order valence-corrected chi connectivity index (χ4v) is 7.01. The van der Waals surface area contributed by atoms with Gasteiger partial charge in [-0.05, 0) is 56.1 Å². The first kappa shape index (κ1) is 31.1. The normalized spacial score (nSPS) is 14.1. The smallest absolute Gasteiger partial charge is 0.160 e. The molecule has 6 aromatic carbocycles. The van der Waals surface area contributed by atoms with Gasteiger partial charge < -0.3 is 0 Å². The van der Waals surface area contributed by atoms with E-state index in [9.17, 15) is 0 Å². The molecule has 0 aliphatic heterocycles. The zero-order chi connectivity index (χ0) is 34.7. The molecule has 52 heavy (non-hydrogen) atoms. The first-order valence-corrected chi connectivity index (χ1v) is 17.6. The number of nitrogens with zero attached hydrogens (tertiary/aromatic N) is 3. The third-order valence-electron chi connectivity index (χ3n) is 9.69. The summed E-state index contributed by atoms with van der Waals surface area (Å²) < 4.78 is 0. The summed E-state index contributed by atoms with van der Waals surface area (Å²) >= 11 is 0. The molecule has 0 radical (unpaired) electrons. The number of allylic oxidation sites excluding steroid dienone is 4. The van der Waals surface area contributed by atoms with Crippen LogP contribution in [0.1, 0.15) is 18.4 Å². The predicted octanol–water partition coefficient (Wildman–Crippen LogP) is 12.2. The van der Waals surface area contributed by atoms with Gasteiger partial charge in [-0.1, -0.05) is 164 Å². The standard InChI is InChI=1S/C49H33N3/c1-2-4-12-34(13-5-3-1)35-22-26-38(27-23-35)47-31-48(41-18-10-17-40(30-41)46-33-50-32-42-15-7-9-20-45(42)46)52-49(51-47)39-28-24-37(25-29-39)44-21-11-16-36-14-6-8-19-43(36)44/h4,6-33H,2,5H2/b12-4-,34-13+. The Kier molecular flexibility index (Phi) is 8.25. The number of pyridine rings is 1. The van der Waals surface area contributed by atoms with Gasteiger partial charge in [0.05, 0.1) is 11.4 Å². The van der Waals surface area contributed by atoms with Crippen molar-refractivity contribution >= 4 is 27.1 Å². The molecule has 9 rings (SSSR count).